The molecule has 5 N–H and O–H groups in total. The second-order valence-electron chi connectivity index (χ2n) is 8.87. The Hall–Kier alpha value is -1.73. The molecule has 7 heteroatoms. The molecule has 0 radical (unpaired) electrons. The van der Waals surface area contributed by atoms with Gasteiger partial charge in [-0.3, -0.25) is 14.5 Å². The van der Waals surface area contributed by atoms with Crippen LogP contribution in [0.15, 0.2) is 12.7 Å². The van der Waals surface area contributed by atoms with Gasteiger partial charge in [0.15, 0.2) is 0 Å². The largest absolute Gasteiger partial charge is 0.372 e. The average Bonchev–Trinajstić information content (AvgIpc) is 3.20. The van der Waals surface area contributed by atoms with Gasteiger partial charge in [-0.05, 0) is 51.1 Å². The van der Waals surface area contributed by atoms with Crippen LogP contribution >= 0.6 is 0 Å². The van der Waals surface area contributed by atoms with Gasteiger partial charge >= 0.3 is 0 Å². The number of nitrogens with two attached hydrogens (primary N) is 2. The third kappa shape index (κ3) is 24.7. The zero-order valence-corrected chi connectivity index (χ0v) is 23.2. The Morgan fingerprint density at radius 2 is 1.67 bits per heavy atom. The number of nitrogens with zero attached hydrogens (tertiary/aromatic N) is 1. The number of rotatable bonds is 8. The molecule has 1 aliphatic rings. The number of nitrogens with one attached hydrogen (secondary N) is 1. The molecule has 1 fully saturated rings. The Morgan fingerprint density at radius 3 is 1.94 bits per heavy atom. The van der Waals surface area contributed by atoms with Crippen molar-refractivity contribution in [1.82, 2.24) is 10.2 Å². The third-order valence-electron chi connectivity index (χ3n) is 4.67. The quantitative estimate of drug-likeness (QED) is 0.356. The van der Waals surface area contributed by atoms with E-state index in [4.69, 9.17) is 10.5 Å². The number of likely N-dealkylation sites (N-methyl/N-ethyl adjacent to an activating group) is 1. The highest BCUT2D eigenvalue weighted by molar-refractivity contribution is 5.82. The van der Waals surface area contributed by atoms with Crippen molar-refractivity contribution < 1.29 is 14.4 Å². The van der Waals surface area contributed by atoms with Crippen LogP contribution in [-0.4, -0.2) is 55.2 Å². The number of carbonyl (C=O) groups is 3. The van der Waals surface area contributed by atoms with Crippen LogP contribution in [0.3, 0.4) is 0 Å². The lowest BCUT2D eigenvalue weighted by molar-refractivity contribution is -0.125. The van der Waals surface area contributed by atoms with Crippen molar-refractivity contribution in [3.05, 3.63) is 12.7 Å². The van der Waals surface area contributed by atoms with Gasteiger partial charge in [-0.15, -0.1) is 6.58 Å². The first-order chi connectivity index (χ1) is 15.5. The Balaban J connectivity index is -0.000000219. The van der Waals surface area contributed by atoms with Crippen LogP contribution in [-0.2, 0) is 14.4 Å². The predicted octanol–water partition coefficient (Wildman–Crippen LogP) is 4.43. The summed E-state index contributed by atoms with van der Waals surface area (Å²) in [6.45, 7) is 21.0. The highest BCUT2D eigenvalue weighted by Crippen LogP contribution is 2.16. The summed E-state index contributed by atoms with van der Waals surface area (Å²) >= 11 is 0. The van der Waals surface area contributed by atoms with E-state index in [1.54, 1.807) is 0 Å². The first-order valence-corrected chi connectivity index (χ1v) is 12.5. The van der Waals surface area contributed by atoms with Crippen LogP contribution in [0.25, 0.3) is 0 Å². The first-order valence-electron chi connectivity index (χ1n) is 12.5. The van der Waals surface area contributed by atoms with Gasteiger partial charge < -0.3 is 21.6 Å². The molecule has 7 nitrogen and oxygen atoms in total. The van der Waals surface area contributed by atoms with Crippen molar-refractivity contribution >= 4 is 18.6 Å². The molecule has 0 aromatic carbocycles. The zero-order chi connectivity index (χ0) is 26.9. The van der Waals surface area contributed by atoms with Crippen LogP contribution < -0.4 is 16.8 Å². The lowest BCUT2D eigenvalue weighted by Gasteiger charge is -2.23. The summed E-state index contributed by atoms with van der Waals surface area (Å²) in [7, 11) is 2.04. The van der Waals surface area contributed by atoms with Crippen LogP contribution in [0.4, 0.5) is 0 Å². The Morgan fingerprint density at radius 1 is 1.18 bits per heavy atom. The minimum Gasteiger partial charge on any atom is -0.372 e. The number of likely N-dealkylation sites (tertiary alicyclic amines) is 1. The summed E-state index contributed by atoms with van der Waals surface area (Å²) in [5, 5.41) is 3.20. The summed E-state index contributed by atoms with van der Waals surface area (Å²) in [5.41, 5.74) is 9.47. The van der Waals surface area contributed by atoms with Crippen molar-refractivity contribution in [3.8, 4) is 0 Å². The number of hydrogen-bond acceptors (Lipinski definition) is 5. The van der Waals surface area contributed by atoms with Gasteiger partial charge in [0.1, 0.15) is 6.29 Å². The highest BCUT2D eigenvalue weighted by Gasteiger charge is 2.28. The number of allylic oxidation sites excluding steroid dienone is 1. The van der Waals surface area contributed by atoms with E-state index in [0.717, 1.165) is 51.4 Å². The lowest BCUT2D eigenvalue weighted by atomic mass is 9.89. The molecule has 0 aromatic rings. The van der Waals surface area contributed by atoms with Crippen molar-refractivity contribution in [2.45, 2.75) is 118 Å². The van der Waals surface area contributed by atoms with Gasteiger partial charge in [-0.2, -0.15) is 0 Å². The average molecular weight is 473 g/mol. The zero-order valence-electron chi connectivity index (χ0n) is 23.2. The normalized spacial score (nSPS) is 16.4. The maximum Gasteiger partial charge on any atom is 0.237 e. The summed E-state index contributed by atoms with van der Waals surface area (Å²) in [6, 6.07) is 0.0834. The highest BCUT2D eigenvalue weighted by atomic mass is 16.2. The van der Waals surface area contributed by atoms with Gasteiger partial charge in [0.05, 0.1) is 12.1 Å². The number of aldehydes is 1. The molecule has 0 saturated carbocycles. The lowest BCUT2D eigenvalue weighted by Crippen LogP contribution is -2.45. The van der Waals surface area contributed by atoms with Gasteiger partial charge in [-0.25, -0.2) is 0 Å². The summed E-state index contributed by atoms with van der Waals surface area (Å²) in [4.78, 5) is 32.9. The summed E-state index contributed by atoms with van der Waals surface area (Å²) in [6.07, 6.45) is 10.5. The monoisotopic (exact) mass is 472 g/mol. The Labute approximate surface area is 205 Å². The molecule has 33 heavy (non-hydrogen) atoms. The van der Waals surface area contributed by atoms with Crippen molar-refractivity contribution in [1.29, 1.82) is 0 Å². The van der Waals surface area contributed by atoms with E-state index in [-0.39, 0.29) is 29.8 Å². The predicted molar refractivity (Wildman–Crippen MR) is 143 cm³/mol. The van der Waals surface area contributed by atoms with E-state index < -0.39 is 0 Å². The van der Waals surface area contributed by atoms with E-state index in [1.807, 2.05) is 47.7 Å². The molecule has 198 valence electrons. The van der Waals surface area contributed by atoms with Crippen LogP contribution in [0, 0.1) is 5.41 Å². The van der Waals surface area contributed by atoms with Gasteiger partial charge in [0, 0.05) is 6.04 Å². The number of hydrogen-bond donors (Lipinski definition) is 3. The SMILES string of the molecule is C=CCCC(CCC)NC(=O)C1CCCN1C.CC.CC(C)(C)C(N)C=O.CCC.NC=O. The van der Waals surface area contributed by atoms with E-state index in [0.29, 0.717) is 6.04 Å². The van der Waals surface area contributed by atoms with E-state index in [9.17, 15) is 9.59 Å². The molecule has 1 aliphatic heterocycles. The summed E-state index contributed by atoms with van der Waals surface area (Å²) < 4.78 is 0. The van der Waals surface area contributed by atoms with E-state index in [1.165, 1.54) is 6.42 Å². The third-order valence-corrected chi connectivity index (χ3v) is 4.67. The molecule has 0 bridgehead atoms. The maximum absolute atomic E-state index is 12.1. The van der Waals surface area contributed by atoms with Gasteiger partial charge in [-0.1, -0.05) is 74.3 Å². The second kappa shape index (κ2) is 26.5. The van der Waals surface area contributed by atoms with Gasteiger partial charge in [0.2, 0.25) is 12.3 Å². The molecular formula is C26H56N4O3. The molecule has 3 unspecified atom stereocenters. The van der Waals surface area contributed by atoms with Crippen molar-refractivity contribution in [2.24, 2.45) is 16.9 Å². The smallest absolute Gasteiger partial charge is 0.237 e. The molecular weight excluding hydrogens is 416 g/mol. The van der Waals surface area contributed by atoms with Gasteiger partial charge in [0.25, 0.3) is 0 Å². The van der Waals surface area contributed by atoms with Crippen LogP contribution in [0.1, 0.15) is 100 Å². The summed E-state index contributed by atoms with van der Waals surface area (Å²) in [5.74, 6) is 0.215. The molecule has 0 aliphatic carbocycles. The minimum absolute atomic E-state index is 0.0816. The molecule has 0 aromatic heterocycles. The van der Waals surface area contributed by atoms with Crippen molar-refractivity contribution in [2.75, 3.05) is 13.6 Å². The fourth-order valence-corrected chi connectivity index (χ4v) is 2.70. The Bertz CT molecular complexity index is 465. The molecule has 0 spiro atoms. The van der Waals surface area contributed by atoms with Crippen LogP contribution in [0.5, 0.6) is 0 Å². The Kier molecular flexibility index (Phi) is 31.0. The topological polar surface area (TPSA) is 119 Å². The fraction of sp³-hybridized carbons (Fsp3) is 0.808. The molecule has 3 atom stereocenters. The number of amides is 2. The molecule has 1 heterocycles. The van der Waals surface area contributed by atoms with Crippen LogP contribution in [0.2, 0.25) is 0 Å². The molecule has 1 rings (SSSR count). The van der Waals surface area contributed by atoms with Crippen molar-refractivity contribution in [3.63, 3.8) is 0 Å². The first kappa shape index (κ1) is 38.5. The number of primary amides is 1. The van der Waals surface area contributed by atoms with E-state index >= 15 is 0 Å². The minimum atomic E-state index is -0.331. The maximum atomic E-state index is 12.1. The number of carbonyl (C=O) groups excluding carboxylic acids is 3. The molecule has 2 amide bonds. The van der Waals surface area contributed by atoms with E-state index in [2.05, 4.69) is 43.3 Å². The molecule has 1 saturated heterocycles. The fourth-order valence-electron chi connectivity index (χ4n) is 2.70. The second-order valence-corrected chi connectivity index (χ2v) is 8.87. The standard InChI is InChI=1S/C14H26N2O.C6H13NO.C3H8.C2H6.CH3NO/c1-4-6-9-12(8-5-2)15-14(17)13-10-7-11-16(13)3;1-6(2,3)5(7)4-8;1-3-2;1-2;2-1-3/h4,12-13H,1,5-11H2,2-3H3,(H,15,17);4-5H,7H2,1-3H3;3H2,1-2H3;1-2H3;1H,(H2,2,3).